The van der Waals surface area contributed by atoms with E-state index in [4.69, 9.17) is 9.97 Å². The predicted octanol–water partition coefficient (Wildman–Crippen LogP) is 3.99. The number of amides is 1. The SMILES string of the molecule is CC(C)CC(=O)N1CCN(c2nc(-c3ccccc3)nc3ccccc23)CC1. The van der Waals surface area contributed by atoms with Crippen LogP contribution in [0.25, 0.3) is 22.3 Å². The van der Waals surface area contributed by atoms with Crippen LogP contribution in [0.3, 0.4) is 0 Å². The number of nitrogens with zero attached hydrogens (tertiary/aromatic N) is 4. The third kappa shape index (κ3) is 3.84. The van der Waals surface area contributed by atoms with Gasteiger partial charge in [0, 0.05) is 43.5 Å². The predicted molar refractivity (Wildman–Crippen MR) is 113 cm³/mol. The lowest BCUT2D eigenvalue weighted by Gasteiger charge is -2.36. The molecule has 2 heterocycles. The molecule has 1 amide bonds. The number of aromatic nitrogens is 2. The van der Waals surface area contributed by atoms with Crippen molar-refractivity contribution < 1.29 is 4.79 Å². The van der Waals surface area contributed by atoms with Crippen molar-refractivity contribution in [3.63, 3.8) is 0 Å². The van der Waals surface area contributed by atoms with Crippen molar-refractivity contribution in [3.05, 3.63) is 54.6 Å². The lowest BCUT2D eigenvalue weighted by Crippen LogP contribution is -2.49. The van der Waals surface area contributed by atoms with E-state index >= 15 is 0 Å². The van der Waals surface area contributed by atoms with Gasteiger partial charge in [-0.2, -0.15) is 0 Å². The van der Waals surface area contributed by atoms with Crippen molar-refractivity contribution in [3.8, 4) is 11.4 Å². The van der Waals surface area contributed by atoms with Crippen molar-refractivity contribution >= 4 is 22.6 Å². The van der Waals surface area contributed by atoms with Crippen LogP contribution in [0.15, 0.2) is 54.6 Å². The molecule has 0 spiro atoms. The third-order valence-electron chi connectivity index (χ3n) is 5.13. The molecule has 0 N–H and O–H groups in total. The Morgan fingerprint density at radius 3 is 2.32 bits per heavy atom. The molecule has 1 saturated heterocycles. The molecule has 0 radical (unpaired) electrons. The van der Waals surface area contributed by atoms with E-state index in [-0.39, 0.29) is 5.91 Å². The largest absolute Gasteiger partial charge is 0.352 e. The number of fused-ring (bicyclic) bond motifs is 1. The van der Waals surface area contributed by atoms with Gasteiger partial charge in [0.1, 0.15) is 5.82 Å². The summed E-state index contributed by atoms with van der Waals surface area (Å²) in [6.45, 7) is 7.24. The summed E-state index contributed by atoms with van der Waals surface area (Å²) in [6, 6.07) is 18.2. The number of anilines is 1. The van der Waals surface area contributed by atoms with Crippen LogP contribution in [0.2, 0.25) is 0 Å². The molecule has 0 aliphatic carbocycles. The van der Waals surface area contributed by atoms with Gasteiger partial charge in [-0.3, -0.25) is 4.79 Å². The molecule has 1 aromatic heterocycles. The molecule has 0 saturated carbocycles. The highest BCUT2D eigenvalue weighted by atomic mass is 16.2. The van der Waals surface area contributed by atoms with Crippen LogP contribution in [0.4, 0.5) is 5.82 Å². The summed E-state index contributed by atoms with van der Waals surface area (Å²) < 4.78 is 0. The highest BCUT2D eigenvalue weighted by molar-refractivity contribution is 5.91. The van der Waals surface area contributed by atoms with E-state index in [9.17, 15) is 4.79 Å². The number of hydrogen-bond acceptors (Lipinski definition) is 4. The fraction of sp³-hybridized carbons (Fsp3) is 0.348. The zero-order valence-electron chi connectivity index (χ0n) is 16.5. The van der Waals surface area contributed by atoms with Crippen LogP contribution in [0, 0.1) is 5.92 Å². The third-order valence-corrected chi connectivity index (χ3v) is 5.13. The molecule has 5 nitrogen and oxygen atoms in total. The summed E-state index contributed by atoms with van der Waals surface area (Å²) in [6.07, 6.45) is 0.620. The van der Waals surface area contributed by atoms with E-state index in [0.717, 1.165) is 54.3 Å². The highest BCUT2D eigenvalue weighted by Gasteiger charge is 2.24. The molecule has 0 atom stereocenters. The van der Waals surface area contributed by atoms with Gasteiger partial charge in [-0.1, -0.05) is 56.3 Å². The summed E-state index contributed by atoms with van der Waals surface area (Å²) in [5.74, 6) is 2.35. The second kappa shape index (κ2) is 7.97. The Labute approximate surface area is 166 Å². The van der Waals surface area contributed by atoms with Crippen LogP contribution in [0.1, 0.15) is 20.3 Å². The Bertz CT molecular complexity index is 963. The Balaban J connectivity index is 1.63. The molecule has 1 aliphatic rings. The number of piperazine rings is 1. The fourth-order valence-corrected chi connectivity index (χ4v) is 3.66. The van der Waals surface area contributed by atoms with Crippen molar-refractivity contribution in [1.82, 2.24) is 14.9 Å². The van der Waals surface area contributed by atoms with Crippen molar-refractivity contribution in [2.75, 3.05) is 31.1 Å². The number of carbonyl (C=O) groups is 1. The van der Waals surface area contributed by atoms with E-state index in [0.29, 0.717) is 12.3 Å². The van der Waals surface area contributed by atoms with E-state index in [1.165, 1.54) is 0 Å². The molecule has 28 heavy (non-hydrogen) atoms. The number of para-hydroxylation sites is 1. The zero-order valence-corrected chi connectivity index (χ0v) is 16.5. The van der Waals surface area contributed by atoms with E-state index in [1.54, 1.807) is 0 Å². The normalized spacial score (nSPS) is 14.7. The van der Waals surface area contributed by atoms with E-state index < -0.39 is 0 Å². The first-order valence-electron chi connectivity index (χ1n) is 9.97. The zero-order chi connectivity index (χ0) is 19.5. The number of hydrogen-bond donors (Lipinski definition) is 0. The quantitative estimate of drug-likeness (QED) is 0.693. The molecule has 5 heteroatoms. The highest BCUT2D eigenvalue weighted by Crippen LogP contribution is 2.28. The molecule has 4 rings (SSSR count). The van der Waals surface area contributed by atoms with Crippen LogP contribution >= 0.6 is 0 Å². The number of rotatable bonds is 4. The standard InChI is InChI=1S/C23H26N4O/c1-17(2)16-21(28)26-12-14-27(15-13-26)23-19-10-6-7-11-20(19)24-22(25-23)18-8-4-3-5-9-18/h3-11,17H,12-16H2,1-2H3. The van der Waals surface area contributed by atoms with Gasteiger partial charge in [0.05, 0.1) is 5.52 Å². The van der Waals surface area contributed by atoms with Crippen LogP contribution in [-0.2, 0) is 4.79 Å². The molecule has 1 aliphatic heterocycles. The molecule has 0 bridgehead atoms. The summed E-state index contributed by atoms with van der Waals surface area (Å²) in [7, 11) is 0. The summed E-state index contributed by atoms with van der Waals surface area (Å²) in [5.41, 5.74) is 1.96. The van der Waals surface area contributed by atoms with Crippen molar-refractivity contribution in [2.45, 2.75) is 20.3 Å². The summed E-state index contributed by atoms with van der Waals surface area (Å²) in [5, 5.41) is 1.06. The molecule has 0 unspecified atom stereocenters. The topological polar surface area (TPSA) is 49.3 Å². The average Bonchev–Trinajstić information content (AvgIpc) is 2.73. The van der Waals surface area contributed by atoms with Gasteiger partial charge >= 0.3 is 0 Å². The van der Waals surface area contributed by atoms with Crippen LogP contribution in [0.5, 0.6) is 0 Å². The van der Waals surface area contributed by atoms with Gasteiger partial charge in [0.25, 0.3) is 0 Å². The second-order valence-electron chi connectivity index (χ2n) is 7.72. The Kier molecular flexibility index (Phi) is 5.24. The van der Waals surface area contributed by atoms with Gasteiger partial charge in [-0.05, 0) is 18.1 Å². The van der Waals surface area contributed by atoms with Crippen molar-refractivity contribution in [1.29, 1.82) is 0 Å². The molecule has 3 aromatic rings. The minimum atomic E-state index is 0.257. The van der Waals surface area contributed by atoms with Gasteiger partial charge < -0.3 is 9.80 Å². The maximum atomic E-state index is 12.4. The first-order valence-corrected chi connectivity index (χ1v) is 9.97. The Morgan fingerprint density at radius 1 is 0.929 bits per heavy atom. The van der Waals surface area contributed by atoms with Crippen LogP contribution in [-0.4, -0.2) is 47.0 Å². The molecular weight excluding hydrogens is 348 g/mol. The molecule has 2 aromatic carbocycles. The number of benzene rings is 2. The lowest BCUT2D eigenvalue weighted by molar-refractivity contribution is -0.132. The molecule has 1 fully saturated rings. The van der Waals surface area contributed by atoms with Gasteiger partial charge in [-0.25, -0.2) is 9.97 Å². The minimum absolute atomic E-state index is 0.257. The summed E-state index contributed by atoms with van der Waals surface area (Å²) >= 11 is 0. The smallest absolute Gasteiger partial charge is 0.222 e. The maximum Gasteiger partial charge on any atom is 0.222 e. The average molecular weight is 374 g/mol. The number of carbonyl (C=O) groups excluding carboxylic acids is 1. The van der Waals surface area contributed by atoms with E-state index in [1.807, 2.05) is 53.4 Å². The minimum Gasteiger partial charge on any atom is -0.352 e. The maximum absolute atomic E-state index is 12.4. The van der Waals surface area contributed by atoms with Gasteiger partial charge in [0.15, 0.2) is 5.82 Å². The summed E-state index contributed by atoms with van der Waals surface area (Å²) in [4.78, 5) is 26.4. The van der Waals surface area contributed by atoms with E-state index in [2.05, 4.69) is 24.8 Å². The van der Waals surface area contributed by atoms with Gasteiger partial charge in [-0.15, -0.1) is 0 Å². The Morgan fingerprint density at radius 2 is 1.61 bits per heavy atom. The van der Waals surface area contributed by atoms with Crippen molar-refractivity contribution in [2.24, 2.45) is 5.92 Å². The molecular formula is C23H26N4O. The first-order chi connectivity index (χ1) is 13.6. The monoisotopic (exact) mass is 374 g/mol. The molecule has 144 valence electrons. The fourth-order valence-electron chi connectivity index (χ4n) is 3.66. The first kappa shape index (κ1) is 18.4. The Hall–Kier alpha value is -2.95. The van der Waals surface area contributed by atoms with Gasteiger partial charge in [0.2, 0.25) is 5.91 Å². The van der Waals surface area contributed by atoms with Crippen LogP contribution < -0.4 is 4.90 Å². The second-order valence-corrected chi connectivity index (χ2v) is 7.72. The lowest BCUT2D eigenvalue weighted by atomic mass is 10.1.